The predicted molar refractivity (Wildman–Crippen MR) is 111 cm³/mol. The summed E-state index contributed by atoms with van der Waals surface area (Å²) in [4.78, 5) is 14.1. The molecule has 0 bridgehead atoms. The molecule has 35 heavy (non-hydrogen) atoms. The van der Waals surface area contributed by atoms with E-state index in [2.05, 4.69) is 10.4 Å². The number of benzene rings is 1. The summed E-state index contributed by atoms with van der Waals surface area (Å²) in [6.07, 6.45) is -3.72. The number of hydrogen-bond donors (Lipinski definition) is 2. The van der Waals surface area contributed by atoms with Gasteiger partial charge in [-0.3, -0.25) is 4.68 Å². The van der Waals surface area contributed by atoms with Gasteiger partial charge in [-0.25, -0.2) is 18.0 Å². The Balaban J connectivity index is 1.54. The van der Waals surface area contributed by atoms with Gasteiger partial charge in [0.25, 0.3) is 12.3 Å². The van der Waals surface area contributed by atoms with E-state index in [1.54, 1.807) is 6.07 Å². The number of carbonyl (C=O) groups excluding carboxylic acids is 1. The van der Waals surface area contributed by atoms with E-state index in [0.717, 1.165) is 10.7 Å². The first-order valence-electron chi connectivity index (χ1n) is 10.8. The molecule has 0 fully saturated rings. The molecule has 0 unspecified atom stereocenters. The maximum absolute atomic E-state index is 15.2. The lowest BCUT2D eigenvalue weighted by molar-refractivity contribution is -0.0926. The second kappa shape index (κ2) is 9.43. The van der Waals surface area contributed by atoms with Crippen LogP contribution in [0.4, 0.5) is 32.4 Å². The molecule has 188 valence electrons. The molecular formula is C22H22F5N5O3. The normalized spacial score (nSPS) is 21.1. The number of nitrogens with zero attached hydrogens (tertiary/aromatic N) is 4. The third-order valence-electron chi connectivity index (χ3n) is 6.04. The highest BCUT2D eigenvalue weighted by molar-refractivity contribution is 5.89. The number of fused-ring (bicyclic) bond motifs is 3. The Morgan fingerprint density at radius 2 is 2.11 bits per heavy atom. The third kappa shape index (κ3) is 5.23. The predicted octanol–water partition coefficient (Wildman–Crippen LogP) is 3.38. The van der Waals surface area contributed by atoms with Crippen LogP contribution in [0.15, 0.2) is 18.2 Å². The molecule has 0 radical (unpaired) electrons. The highest BCUT2D eigenvalue weighted by Gasteiger charge is 2.47. The number of nitrogens with one attached hydrogen (secondary N) is 1. The van der Waals surface area contributed by atoms with Crippen molar-refractivity contribution in [3.8, 4) is 6.07 Å². The van der Waals surface area contributed by atoms with Crippen molar-refractivity contribution in [2.45, 2.75) is 50.3 Å². The average Bonchev–Trinajstić information content (AvgIpc) is 3.11. The summed E-state index contributed by atoms with van der Waals surface area (Å²) in [5.74, 6) is -4.12. The summed E-state index contributed by atoms with van der Waals surface area (Å²) < 4.78 is 74.4. The second-order valence-corrected chi connectivity index (χ2v) is 8.67. The summed E-state index contributed by atoms with van der Waals surface area (Å²) in [5.41, 5.74) is -1.80. The van der Waals surface area contributed by atoms with Crippen molar-refractivity contribution in [1.29, 1.82) is 5.26 Å². The van der Waals surface area contributed by atoms with E-state index < -0.39 is 61.5 Å². The Morgan fingerprint density at radius 3 is 2.83 bits per heavy atom. The van der Waals surface area contributed by atoms with Crippen LogP contribution in [0.25, 0.3) is 0 Å². The first-order valence-corrected chi connectivity index (χ1v) is 10.8. The fourth-order valence-electron chi connectivity index (χ4n) is 4.34. The van der Waals surface area contributed by atoms with Gasteiger partial charge in [-0.2, -0.15) is 19.1 Å². The molecule has 2 N–H and O–H groups in total. The number of amides is 2. The van der Waals surface area contributed by atoms with Gasteiger partial charge in [-0.05, 0) is 24.6 Å². The fourth-order valence-corrected chi connectivity index (χ4v) is 4.34. The van der Waals surface area contributed by atoms with Crippen LogP contribution in [-0.4, -0.2) is 57.6 Å². The number of rotatable bonds is 5. The molecule has 0 spiro atoms. The minimum Gasteiger partial charge on any atom is -0.386 e. The number of urea groups is 1. The van der Waals surface area contributed by atoms with Crippen LogP contribution in [0.2, 0.25) is 0 Å². The highest BCUT2D eigenvalue weighted by Crippen LogP contribution is 2.42. The third-order valence-corrected chi connectivity index (χ3v) is 6.04. The minimum atomic E-state index is -3.38. The molecule has 13 heteroatoms. The number of aliphatic hydroxyl groups is 1. The molecule has 1 atom stereocenters. The fraction of sp³-hybridized carbons (Fsp3) is 0.500. The first kappa shape index (κ1) is 24.9. The standard InChI is InChI=1S/C22H22F5N5O3/c23-16-2-1-14(7-13(16)8-28)29-20(33)31-6-3-17-15(9-31)19-22(26,27)5-4-21(34,11-32(19)30-17)12-35-10-18(24)25/h1-2,7,18,34H,3-6,9-12H2,(H,29,33)/t21-/m1/s1. The monoisotopic (exact) mass is 499 g/mol. The maximum Gasteiger partial charge on any atom is 0.322 e. The number of ether oxygens (including phenoxy) is 1. The van der Waals surface area contributed by atoms with Crippen molar-refractivity contribution in [3.63, 3.8) is 0 Å². The Bertz CT molecular complexity index is 1170. The minimum absolute atomic E-state index is 0.158. The number of nitriles is 1. The maximum atomic E-state index is 15.2. The molecule has 1 aromatic heterocycles. The second-order valence-electron chi connectivity index (χ2n) is 8.67. The zero-order valence-electron chi connectivity index (χ0n) is 18.4. The van der Waals surface area contributed by atoms with Crippen LogP contribution in [0.1, 0.15) is 35.4 Å². The van der Waals surface area contributed by atoms with Crippen molar-refractivity contribution in [2.24, 2.45) is 0 Å². The molecule has 2 aliphatic heterocycles. The molecule has 0 saturated carbocycles. The van der Waals surface area contributed by atoms with Gasteiger partial charge < -0.3 is 20.1 Å². The van der Waals surface area contributed by atoms with Crippen molar-refractivity contribution in [1.82, 2.24) is 14.7 Å². The number of carbonyl (C=O) groups is 1. The van der Waals surface area contributed by atoms with Crippen LogP contribution < -0.4 is 5.32 Å². The van der Waals surface area contributed by atoms with E-state index in [1.807, 2.05) is 0 Å². The lowest BCUT2D eigenvalue weighted by atomic mass is 9.95. The largest absolute Gasteiger partial charge is 0.386 e. The summed E-state index contributed by atoms with van der Waals surface area (Å²) in [6.45, 7) is -1.86. The Kier molecular flexibility index (Phi) is 6.70. The Morgan fingerprint density at radius 1 is 1.34 bits per heavy atom. The van der Waals surface area contributed by atoms with Crippen molar-refractivity contribution >= 4 is 11.7 Å². The van der Waals surface area contributed by atoms with Crippen LogP contribution >= 0.6 is 0 Å². The van der Waals surface area contributed by atoms with Gasteiger partial charge in [0.1, 0.15) is 29.8 Å². The molecule has 0 saturated heterocycles. The van der Waals surface area contributed by atoms with E-state index in [0.29, 0.717) is 5.69 Å². The van der Waals surface area contributed by atoms with E-state index in [9.17, 15) is 23.1 Å². The summed E-state index contributed by atoms with van der Waals surface area (Å²) in [7, 11) is 0. The highest BCUT2D eigenvalue weighted by atomic mass is 19.3. The quantitative estimate of drug-likeness (QED) is 0.614. The van der Waals surface area contributed by atoms with E-state index >= 15 is 8.78 Å². The zero-order valence-corrected chi connectivity index (χ0v) is 18.4. The van der Waals surface area contributed by atoms with Crippen LogP contribution in [0, 0.1) is 17.1 Å². The SMILES string of the molecule is N#Cc1cc(NC(=O)N2CCc3nn4c(c3C2)C(F)(F)CC[C@](O)(COCC(F)F)C4)ccc1F. The smallest absolute Gasteiger partial charge is 0.322 e. The van der Waals surface area contributed by atoms with Crippen LogP contribution in [-0.2, 0) is 30.2 Å². The summed E-state index contributed by atoms with van der Waals surface area (Å²) in [5, 5.41) is 26.5. The van der Waals surface area contributed by atoms with Crippen molar-refractivity contribution < 1.29 is 36.6 Å². The number of aromatic nitrogens is 2. The van der Waals surface area contributed by atoms with E-state index in [1.165, 1.54) is 17.0 Å². The van der Waals surface area contributed by atoms with Crippen molar-refractivity contribution in [3.05, 3.63) is 46.5 Å². The van der Waals surface area contributed by atoms with Gasteiger partial charge in [0.05, 0.1) is 31.0 Å². The molecule has 2 amide bonds. The lowest BCUT2D eigenvalue weighted by Gasteiger charge is -2.28. The summed E-state index contributed by atoms with van der Waals surface area (Å²) >= 11 is 0. The number of halogens is 5. The molecule has 1 aromatic carbocycles. The topological polar surface area (TPSA) is 103 Å². The van der Waals surface area contributed by atoms with E-state index in [4.69, 9.17) is 10.00 Å². The Hall–Kier alpha value is -3.24. The van der Waals surface area contributed by atoms with Crippen LogP contribution in [0.5, 0.6) is 0 Å². The van der Waals surface area contributed by atoms with Gasteiger partial charge in [-0.1, -0.05) is 0 Å². The Labute approximate surface area is 196 Å². The van der Waals surface area contributed by atoms with Crippen LogP contribution in [0.3, 0.4) is 0 Å². The number of anilines is 1. The molecule has 0 aliphatic carbocycles. The molecule has 4 rings (SSSR count). The van der Waals surface area contributed by atoms with Gasteiger partial charge >= 0.3 is 6.03 Å². The molecule has 2 aromatic rings. The zero-order chi connectivity index (χ0) is 25.4. The van der Waals surface area contributed by atoms with Gasteiger partial charge in [-0.15, -0.1) is 0 Å². The lowest BCUT2D eigenvalue weighted by Crippen LogP contribution is -2.39. The van der Waals surface area contributed by atoms with Crippen molar-refractivity contribution in [2.75, 3.05) is 25.1 Å². The number of alkyl halides is 4. The van der Waals surface area contributed by atoms with Gasteiger partial charge in [0.2, 0.25) is 0 Å². The average molecular weight is 499 g/mol. The van der Waals surface area contributed by atoms with E-state index in [-0.39, 0.29) is 42.9 Å². The summed E-state index contributed by atoms with van der Waals surface area (Å²) in [6, 6.07) is 4.53. The molecule has 8 nitrogen and oxygen atoms in total. The van der Waals surface area contributed by atoms with Gasteiger partial charge in [0, 0.05) is 30.6 Å². The van der Waals surface area contributed by atoms with Gasteiger partial charge in [0.15, 0.2) is 0 Å². The molecule has 2 aliphatic rings. The number of hydrogen-bond acceptors (Lipinski definition) is 5. The molecule has 3 heterocycles. The molecular weight excluding hydrogens is 477 g/mol. The first-order chi connectivity index (χ1) is 16.5.